The number of aromatic nitrogens is 1. The van der Waals surface area contributed by atoms with Crippen LogP contribution in [0.4, 0.5) is 11.4 Å². The lowest BCUT2D eigenvalue weighted by molar-refractivity contribution is -0.122. The number of nitrogens with one attached hydrogen (secondary N) is 1. The lowest BCUT2D eigenvalue weighted by Crippen LogP contribution is -2.33. The molecule has 0 saturated carbocycles. The van der Waals surface area contributed by atoms with E-state index in [0.717, 1.165) is 26.9 Å². The average Bonchev–Trinajstić information content (AvgIpc) is 3.40. The molecule has 0 spiro atoms. The number of amides is 3. The third-order valence-corrected chi connectivity index (χ3v) is 11.1. The van der Waals surface area contributed by atoms with Crippen LogP contribution in [0.3, 0.4) is 0 Å². The number of halogens is 2. The van der Waals surface area contributed by atoms with E-state index in [9.17, 15) is 19.2 Å². The molecule has 1 saturated heterocycles. The molecule has 0 aliphatic carbocycles. The van der Waals surface area contributed by atoms with Crippen molar-refractivity contribution in [3.05, 3.63) is 108 Å². The van der Waals surface area contributed by atoms with Crippen LogP contribution in [0.25, 0.3) is 0 Å². The molecule has 4 aromatic rings. The Labute approximate surface area is 270 Å². The summed E-state index contributed by atoms with van der Waals surface area (Å²) in [5.74, 6) is -2.24. The number of imide groups is 1. The molecular weight excluding hydrogens is 670 g/mol. The Morgan fingerprint density at radius 3 is 2.21 bits per heavy atom. The molecule has 3 atom stereocenters. The molecule has 0 bridgehead atoms. The number of benzene rings is 3. The molecule has 3 heterocycles. The molecule has 1 aromatic heterocycles. The first kappa shape index (κ1) is 29.9. The maximum Gasteiger partial charge on any atom is 0.308 e. The first-order chi connectivity index (χ1) is 20.4. The van der Waals surface area contributed by atoms with E-state index >= 15 is 0 Å². The quantitative estimate of drug-likeness (QED) is 0.226. The molecule has 7 nitrogen and oxygen atoms in total. The predicted molar refractivity (Wildman–Crippen MR) is 175 cm³/mol. The number of hydrogen-bond acceptors (Lipinski definition) is 6. The van der Waals surface area contributed by atoms with Crippen molar-refractivity contribution < 1.29 is 14.4 Å². The van der Waals surface area contributed by atoms with Gasteiger partial charge in [0.15, 0.2) is 0 Å². The zero-order valence-electron chi connectivity index (χ0n) is 23.5. The minimum atomic E-state index is -0.754. The molecule has 2 aliphatic heterocycles. The van der Waals surface area contributed by atoms with Gasteiger partial charge in [0.05, 0.1) is 16.6 Å². The Morgan fingerprint density at radius 1 is 0.930 bits per heavy atom. The van der Waals surface area contributed by atoms with E-state index < -0.39 is 17.1 Å². The molecule has 3 aromatic carbocycles. The zero-order chi connectivity index (χ0) is 30.6. The Balaban J connectivity index is 1.41. The maximum atomic E-state index is 14.1. The fourth-order valence-corrected chi connectivity index (χ4v) is 8.69. The summed E-state index contributed by atoms with van der Waals surface area (Å²) in [6, 6.07) is 21.8. The predicted octanol–water partition coefficient (Wildman–Crippen LogP) is 7.06. The Kier molecular flexibility index (Phi) is 7.91. The highest BCUT2D eigenvalue weighted by atomic mass is 79.9. The van der Waals surface area contributed by atoms with Gasteiger partial charge in [0.25, 0.3) is 0 Å². The molecule has 43 heavy (non-hydrogen) atoms. The van der Waals surface area contributed by atoms with Crippen LogP contribution in [0.2, 0.25) is 5.02 Å². The molecule has 220 valence electrons. The van der Waals surface area contributed by atoms with Crippen LogP contribution in [0, 0.1) is 5.92 Å². The smallest absolute Gasteiger partial charge is 0.308 e. The highest BCUT2D eigenvalue weighted by molar-refractivity contribution is 9.10. The minimum Gasteiger partial charge on any atom is -0.325 e. The fourth-order valence-electron chi connectivity index (χ4n) is 5.53. The number of carbonyl (C=O) groups is 3. The first-order valence-electron chi connectivity index (χ1n) is 13.6. The van der Waals surface area contributed by atoms with Crippen molar-refractivity contribution in [2.24, 2.45) is 5.92 Å². The molecule has 0 radical (unpaired) electrons. The van der Waals surface area contributed by atoms with Crippen molar-refractivity contribution in [3.8, 4) is 0 Å². The summed E-state index contributed by atoms with van der Waals surface area (Å²) in [7, 11) is 0. The molecule has 1 fully saturated rings. The van der Waals surface area contributed by atoms with Crippen LogP contribution < -0.4 is 15.1 Å². The van der Waals surface area contributed by atoms with Gasteiger partial charge >= 0.3 is 4.87 Å². The normalized spacial score (nSPS) is 19.7. The van der Waals surface area contributed by atoms with Crippen molar-refractivity contribution in [2.45, 2.75) is 48.9 Å². The summed E-state index contributed by atoms with van der Waals surface area (Å²) in [5, 5.41) is 3.14. The van der Waals surface area contributed by atoms with Gasteiger partial charge in [0.2, 0.25) is 17.7 Å². The molecule has 11 heteroatoms. The van der Waals surface area contributed by atoms with E-state index in [0.29, 0.717) is 26.3 Å². The van der Waals surface area contributed by atoms with E-state index in [1.165, 1.54) is 21.2 Å². The van der Waals surface area contributed by atoms with E-state index in [1.54, 1.807) is 48.5 Å². The van der Waals surface area contributed by atoms with Gasteiger partial charge in [-0.2, -0.15) is 0 Å². The van der Waals surface area contributed by atoms with E-state index in [-0.39, 0.29) is 34.6 Å². The van der Waals surface area contributed by atoms with Gasteiger partial charge in [-0.3, -0.25) is 23.7 Å². The van der Waals surface area contributed by atoms with Crippen molar-refractivity contribution in [1.82, 2.24) is 4.57 Å². The van der Waals surface area contributed by atoms with Gasteiger partial charge in [-0.25, -0.2) is 4.90 Å². The molecule has 6 rings (SSSR count). The summed E-state index contributed by atoms with van der Waals surface area (Å²) in [6.07, 6.45) is 0. The van der Waals surface area contributed by atoms with Crippen LogP contribution in [0.15, 0.2) is 87.1 Å². The first-order valence-corrected chi connectivity index (χ1v) is 16.5. The second-order valence-electron chi connectivity index (χ2n) is 11.6. The van der Waals surface area contributed by atoms with Crippen molar-refractivity contribution >= 4 is 79.7 Å². The maximum absolute atomic E-state index is 14.1. The SMILES string of the molecule is CC(C)(C)c1ccc([C@H]2c3sc(=O)n(CC(=O)Nc4ccc(Cl)cc4)c3SC3C(=O)N(c4ccc(Br)cc4)C(=O)C32)cc1. The number of thiazole rings is 1. The van der Waals surface area contributed by atoms with E-state index in [1.807, 2.05) is 24.3 Å². The lowest BCUT2D eigenvalue weighted by atomic mass is 9.81. The number of carbonyl (C=O) groups excluding carboxylic acids is 3. The van der Waals surface area contributed by atoms with Crippen LogP contribution in [-0.4, -0.2) is 27.5 Å². The fraction of sp³-hybridized carbons (Fsp3) is 0.250. The van der Waals surface area contributed by atoms with Gasteiger partial charge in [0, 0.05) is 26.0 Å². The van der Waals surface area contributed by atoms with E-state index in [2.05, 4.69) is 42.0 Å². The van der Waals surface area contributed by atoms with Crippen LogP contribution in [0.1, 0.15) is 42.7 Å². The Morgan fingerprint density at radius 2 is 1.58 bits per heavy atom. The monoisotopic (exact) mass is 695 g/mol. The summed E-state index contributed by atoms with van der Waals surface area (Å²) in [4.78, 5) is 56.1. The Bertz CT molecular complexity index is 1790. The number of nitrogens with zero attached hydrogens (tertiary/aromatic N) is 2. The third kappa shape index (κ3) is 5.61. The standard InChI is InChI=1S/C32H27BrClN3O4S2/c1-32(2,3)18-6-4-17(5-7-18)24-25-26(29(40)37(28(25)39)22-14-8-19(33)9-15-22)42-30-27(24)43-31(41)36(30)16-23(38)35-21-12-10-20(34)11-13-21/h4-15,24-26H,16H2,1-3H3,(H,35,38)/t24-,25?,26?/m1/s1. The van der Waals surface area contributed by atoms with Gasteiger partial charge in [-0.1, -0.05) is 95.7 Å². The summed E-state index contributed by atoms with van der Waals surface area (Å²) >= 11 is 11.6. The van der Waals surface area contributed by atoms with Crippen molar-refractivity contribution in [1.29, 1.82) is 0 Å². The highest BCUT2D eigenvalue weighted by Crippen LogP contribution is 2.54. The van der Waals surface area contributed by atoms with Crippen LogP contribution >= 0.6 is 50.6 Å². The van der Waals surface area contributed by atoms with E-state index in [4.69, 9.17) is 11.6 Å². The van der Waals surface area contributed by atoms with Crippen molar-refractivity contribution in [3.63, 3.8) is 0 Å². The lowest BCUT2D eigenvalue weighted by Gasteiger charge is -2.31. The zero-order valence-corrected chi connectivity index (χ0v) is 27.4. The number of thioether (sulfide) groups is 1. The minimum absolute atomic E-state index is 0.0717. The highest BCUT2D eigenvalue weighted by Gasteiger charge is 2.56. The van der Waals surface area contributed by atoms with Gasteiger partial charge in [0.1, 0.15) is 11.8 Å². The third-order valence-electron chi connectivity index (χ3n) is 7.70. The topological polar surface area (TPSA) is 88.5 Å². The van der Waals surface area contributed by atoms with Crippen LogP contribution in [-0.2, 0) is 26.3 Å². The Hall–Kier alpha value is -3.18. The average molecular weight is 697 g/mol. The molecule has 1 N–H and O–H groups in total. The van der Waals surface area contributed by atoms with Crippen molar-refractivity contribution in [2.75, 3.05) is 10.2 Å². The number of fused-ring (bicyclic) bond motifs is 2. The number of anilines is 2. The summed E-state index contributed by atoms with van der Waals surface area (Å²) < 4.78 is 2.25. The molecule has 2 aliphatic rings. The van der Waals surface area contributed by atoms with Gasteiger partial charge < -0.3 is 5.32 Å². The van der Waals surface area contributed by atoms with Crippen LogP contribution in [0.5, 0.6) is 0 Å². The molecule has 3 amide bonds. The van der Waals surface area contributed by atoms with Gasteiger partial charge in [-0.05, 0) is 65.1 Å². The van der Waals surface area contributed by atoms with Gasteiger partial charge in [-0.15, -0.1) is 0 Å². The molecule has 2 unspecified atom stereocenters. The number of hydrogen-bond donors (Lipinski definition) is 1. The summed E-state index contributed by atoms with van der Waals surface area (Å²) in [6.45, 7) is 6.16. The summed E-state index contributed by atoms with van der Waals surface area (Å²) in [5.41, 5.74) is 2.96. The molecular formula is C32H27BrClN3O4S2. The second-order valence-corrected chi connectivity index (χ2v) is 15.1. The largest absolute Gasteiger partial charge is 0.325 e. The number of rotatable bonds is 5. The second kappa shape index (κ2) is 11.4.